The van der Waals surface area contributed by atoms with E-state index in [0.29, 0.717) is 5.92 Å². The van der Waals surface area contributed by atoms with Crippen LogP contribution in [0.2, 0.25) is 0 Å². The van der Waals surface area contributed by atoms with Crippen LogP contribution in [0.15, 0.2) is 0 Å². The summed E-state index contributed by atoms with van der Waals surface area (Å²) in [5, 5.41) is 7.09. The second-order valence-electron chi connectivity index (χ2n) is 7.76. The van der Waals surface area contributed by atoms with E-state index < -0.39 is 6.17 Å². The predicted octanol–water partition coefficient (Wildman–Crippen LogP) is 3.18. The molecule has 3 unspecified atom stereocenters. The molecule has 2 fully saturated rings. The van der Waals surface area contributed by atoms with Crippen molar-refractivity contribution < 1.29 is 4.39 Å². The van der Waals surface area contributed by atoms with Gasteiger partial charge in [-0.25, -0.2) is 15.3 Å². The third kappa shape index (κ3) is 6.07. The van der Waals surface area contributed by atoms with Crippen molar-refractivity contribution in [3.05, 3.63) is 0 Å². The number of alkyl halides is 1. The zero-order chi connectivity index (χ0) is 15.2. The molecule has 2 aliphatic carbocycles. The summed E-state index contributed by atoms with van der Waals surface area (Å²) in [6, 6.07) is 0. The molecule has 0 heterocycles. The van der Waals surface area contributed by atoms with Crippen molar-refractivity contribution in [3.63, 3.8) is 0 Å². The Balaban J connectivity index is 1.43. The maximum absolute atomic E-state index is 13.1. The Kier molecular flexibility index (Phi) is 7.30. The van der Waals surface area contributed by atoms with E-state index in [4.69, 9.17) is 0 Å². The minimum Gasteiger partial charge on any atom is -0.316 e. The molecule has 0 aromatic carbocycles. The molecule has 0 radical (unpaired) electrons. The second-order valence-corrected chi connectivity index (χ2v) is 10.2. The Bertz CT molecular complexity index is 295. The van der Waals surface area contributed by atoms with E-state index in [0.717, 1.165) is 49.6 Å². The zero-order valence-electron chi connectivity index (χ0n) is 14.1. The summed E-state index contributed by atoms with van der Waals surface area (Å²) in [5.41, 5.74) is 0. The molecule has 0 aromatic heterocycles. The fourth-order valence-electron chi connectivity index (χ4n) is 3.47. The summed E-state index contributed by atoms with van der Waals surface area (Å²) in [4.78, 5) is 0. The van der Waals surface area contributed by atoms with Gasteiger partial charge < -0.3 is 10.6 Å². The highest BCUT2D eigenvalue weighted by molar-refractivity contribution is 8.16. The average Bonchev–Trinajstić information content (AvgIpc) is 2.38. The van der Waals surface area contributed by atoms with Crippen molar-refractivity contribution in [1.29, 1.82) is 0 Å². The summed E-state index contributed by atoms with van der Waals surface area (Å²) in [6.07, 6.45) is 6.61. The third-order valence-electron chi connectivity index (χ3n) is 5.00. The molecular formula is C17H35FN2S. The predicted molar refractivity (Wildman–Crippen MR) is 94.2 cm³/mol. The second kappa shape index (κ2) is 8.73. The quantitative estimate of drug-likeness (QED) is 0.539. The molecule has 0 spiro atoms. The van der Waals surface area contributed by atoms with E-state index in [1.54, 1.807) is 0 Å². The van der Waals surface area contributed by atoms with E-state index in [9.17, 15) is 4.39 Å². The van der Waals surface area contributed by atoms with Gasteiger partial charge in [0.25, 0.3) is 0 Å². The molecular weight excluding hydrogens is 283 g/mol. The molecule has 4 heteroatoms. The lowest BCUT2D eigenvalue weighted by Gasteiger charge is -2.38. The van der Waals surface area contributed by atoms with Crippen molar-refractivity contribution in [2.75, 3.05) is 37.5 Å². The number of hydrogen-bond donors (Lipinski definition) is 3. The maximum atomic E-state index is 13.1. The van der Waals surface area contributed by atoms with E-state index in [1.165, 1.54) is 25.1 Å². The first-order valence-electron chi connectivity index (χ1n) is 8.78. The lowest BCUT2D eigenvalue weighted by molar-refractivity contribution is 0.113. The van der Waals surface area contributed by atoms with Crippen LogP contribution in [0, 0.1) is 23.7 Å². The van der Waals surface area contributed by atoms with Gasteiger partial charge in [0.2, 0.25) is 0 Å². The fraction of sp³-hybridized carbons (Fsp3) is 1.00. The molecule has 0 amide bonds. The van der Waals surface area contributed by atoms with Crippen molar-refractivity contribution in [2.24, 2.45) is 23.7 Å². The van der Waals surface area contributed by atoms with Gasteiger partial charge >= 0.3 is 0 Å². The first-order valence-corrected chi connectivity index (χ1v) is 10.9. The molecule has 0 aromatic rings. The van der Waals surface area contributed by atoms with Crippen molar-refractivity contribution in [1.82, 2.24) is 10.6 Å². The topological polar surface area (TPSA) is 24.1 Å². The SMILES string of the molecule is CC(C)CNCC1CC(C[SH](C)CNCC2CCC2F)C1. The van der Waals surface area contributed by atoms with Gasteiger partial charge in [-0.1, -0.05) is 13.8 Å². The molecule has 3 atom stereocenters. The Labute approximate surface area is 133 Å². The van der Waals surface area contributed by atoms with Crippen molar-refractivity contribution in [2.45, 2.75) is 45.7 Å². The van der Waals surface area contributed by atoms with Gasteiger partial charge in [-0.15, -0.1) is 0 Å². The van der Waals surface area contributed by atoms with Crippen LogP contribution in [0.1, 0.15) is 39.5 Å². The van der Waals surface area contributed by atoms with Gasteiger partial charge in [-0.3, -0.25) is 0 Å². The third-order valence-corrected chi connectivity index (χ3v) is 6.90. The largest absolute Gasteiger partial charge is 0.316 e. The molecule has 126 valence electrons. The van der Waals surface area contributed by atoms with Crippen LogP contribution in [-0.2, 0) is 0 Å². The Morgan fingerprint density at radius 1 is 1.10 bits per heavy atom. The molecule has 0 bridgehead atoms. The molecule has 21 heavy (non-hydrogen) atoms. The van der Waals surface area contributed by atoms with Crippen LogP contribution in [0.4, 0.5) is 4.39 Å². The highest BCUT2D eigenvalue weighted by Crippen LogP contribution is 2.38. The normalized spacial score (nSPS) is 34.4. The Morgan fingerprint density at radius 3 is 2.43 bits per heavy atom. The lowest BCUT2D eigenvalue weighted by atomic mass is 9.76. The Morgan fingerprint density at radius 2 is 1.86 bits per heavy atom. The molecule has 2 rings (SSSR count). The minimum absolute atomic E-state index is 0.103. The number of halogens is 1. The molecule has 0 saturated heterocycles. The van der Waals surface area contributed by atoms with E-state index in [2.05, 4.69) is 30.7 Å². The monoisotopic (exact) mass is 318 g/mol. The van der Waals surface area contributed by atoms with E-state index in [-0.39, 0.29) is 10.9 Å². The first-order chi connectivity index (χ1) is 10.0. The average molecular weight is 319 g/mol. The van der Waals surface area contributed by atoms with Crippen LogP contribution < -0.4 is 10.6 Å². The van der Waals surface area contributed by atoms with Crippen LogP contribution in [0.25, 0.3) is 0 Å². The summed E-state index contributed by atoms with van der Waals surface area (Å²) in [5.74, 6) is 5.50. The van der Waals surface area contributed by atoms with Crippen molar-refractivity contribution in [3.8, 4) is 0 Å². The van der Waals surface area contributed by atoms with E-state index >= 15 is 0 Å². The summed E-state index contributed by atoms with van der Waals surface area (Å²) < 4.78 is 13.1. The van der Waals surface area contributed by atoms with Crippen LogP contribution >= 0.6 is 10.9 Å². The molecule has 2 aliphatic rings. The maximum Gasteiger partial charge on any atom is 0.104 e. The number of nitrogens with one attached hydrogen (secondary N) is 2. The zero-order valence-corrected chi connectivity index (χ0v) is 15.0. The standard InChI is InChI=1S/C17H35FN2S/c1-13(2)8-19-9-14-6-15(7-14)11-21(3)12-20-10-16-4-5-17(16)18/h13-17,19-21H,4-12H2,1-3H3. The molecule has 0 aliphatic heterocycles. The number of thiol groups is 1. The van der Waals surface area contributed by atoms with Gasteiger partial charge in [0.15, 0.2) is 0 Å². The van der Waals surface area contributed by atoms with Gasteiger partial charge in [-0.2, -0.15) is 0 Å². The van der Waals surface area contributed by atoms with Gasteiger partial charge in [0.1, 0.15) is 6.17 Å². The van der Waals surface area contributed by atoms with Crippen molar-refractivity contribution >= 4 is 10.9 Å². The Hall–Kier alpha value is 0.200. The summed E-state index contributed by atoms with van der Waals surface area (Å²) in [6.45, 7) is 7.81. The van der Waals surface area contributed by atoms with Crippen LogP contribution in [-0.4, -0.2) is 43.7 Å². The first kappa shape index (κ1) is 17.6. The molecule has 2 nitrogen and oxygen atoms in total. The smallest absolute Gasteiger partial charge is 0.104 e. The lowest BCUT2D eigenvalue weighted by Crippen LogP contribution is -2.38. The number of hydrogen-bond acceptors (Lipinski definition) is 2. The fourth-order valence-corrected chi connectivity index (χ4v) is 5.29. The van der Waals surface area contributed by atoms with E-state index in [1.807, 2.05) is 0 Å². The summed E-state index contributed by atoms with van der Waals surface area (Å²) >= 11 is 0. The van der Waals surface area contributed by atoms with Crippen LogP contribution in [0.3, 0.4) is 0 Å². The summed E-state index contributed by atoms with van der Waals surface area (Å²) in [7, 11) is 0.103. The molecule has 2 saturated carbocycles. The minimum atomic E-state index is -0.522. The van der Waals surface area contributed by atoms with Gasteiger partial charge in [-0.05, 0) is 68.5 Å². The number of rotatable bonds is 10. The van der Waals surface area contributed by atoms with Gasteiger partial charge in [0, 0.05) is 18.3 Å². The van der Waals surface area contributed by atoms with Crippen LogP contribution in [0.5, 0.6) is 0 Å². The van der Waals surface area contributed by atoms with Gasteiger partial charge in [0.05, 0.1) is 0 Å². The molecule has 2 N–H and O–H groups in total. The highest BCUT2D eigenvalue weighted by atomic mass is 32.2. The highest BCUT2D eigenvalue weighted by Gasteiger charge is 2.31.